The van der Waals surface area contributed by atoms with Gasteiger partial charge in [0, 0.05) is 12.6 Å². The quantitative estimate of drug-likeness (QED) is 0.843. The summed E-state index contributed by atoms with van der Waals surface area (Å²) in [7, 11) is 0. The molecule has 106 valence electrons. The van der Waals surface area contributed by atoms with E-state index >= 15 is 0 Å². The molecule has 20 heavy (non-hydrogen) atoms. The van der Waals surface area contributed by atoms with E-state index in [0.717, 1.165) is 12.0 Å². The van der Waals surface area contributed by atoms with Gasteiger partial charge in [-0.15, -0.1) is 0 Å². The molecule has 0 saturated carbocycles. The summed E-state index contributed by atoms with van der Waals surface area (Å²) in [6.45, 7) is 4.83. The minimum atomic E-state index is -0.448. The van der Waals surface area contributed by atoms with Crippen LogP contribution in [0.3, 0.4) is 0 Å². The van der Waals surface area contributed by atoms with E-state index in [4.69, 9.17) is 0 Å². The van der Waals surface area contributed by atoms with Crippen LogP contribution in [0.4, 0.5) is 0 Å². The zero-order valence-electron chi connectivity index (χ0n) is 12.2. The van der Waals surface area contributed by atoms with E-state index in [1.165, 1.54) is 11.1 Å². The number of hydrogen-bond acceptors (Lipinski definition) is 2. The molecule has 0 saturated heterocycles. The number of hydrogen-bond donors (Lipinski definition) is 2. The summed E-state index contributed by atoms with van der Waals surface area (Å²) >= 11 is 0. The highest BCUT2D eigenvalue weighted by Crippen LogP contribution is 2.11. The summed E-state index contributed by atoms with van der Waals surface area (Å²) in [5.74, 6) is 0. The first-order valence-electron chi connectivity index (χ1n) is 7.17. The fourth-order valence-corrected chi connectivity index (χ4v) is 2.26. The van der Waals surface area contributed by atoms with Crippen molar-refractivity contribution < 1.29 is 5.11 Å². The summed E-state index contributed by atoms with van der Waals surface area (Å²) in [4.78, 5) is 0. The Balaban J connectivity index is 1.80. The molecule has 2 rings (SSSR count). The molecule has 2 aromatic carbocycles. The van der Waals surface area contributed by atoms with Crippen LogP contribution >= 0.6 is 0 Å². The molecule has 2 heteroatoms. The van der Waals surface area contributed by atoms with Gasteiger partial charge in [-0.25, -0.2) is 0 Å². The second-order valence-corrected chi connectivity index (χ2v) is 5.43. The lowest BCUT2D eigenvalue weighted by molar-refractivity contribution is 0.170. The van der Waals surface area contributed by atoms with Gasteiger partial charge >= 0.3 is 0 Å². The first-order chi connectivity index (χ1) is 9.65. The molecule has 2 aromatic rings. The van der Waals surface area contributed by atoms with Gasteiger partial charge in [0.15, 0.2) is 0 Å². The van der Waals surface area contributed by atoms with Crippen LogP contribution in [0, 0.1) is 6.92 Å². The normalized spacial score (nSPS) is 13.9. The summed E-state index contributed by atoms with van der Waals surface area (Å²) in [5.41, 5.74) is 3.57. The van der Waals surface area contributed by atoms with Crippen molar-refractivity contribution in [1.29, 1.82) is 0 Å². The lowest BCUT2D eigenvalue weighted by Gasteiger charge is -2.17. The Kier molecular flexibility index (Phi) is 5.33. The molecular formula is C18H23NO. The van der Waals surface area contributed by atoms with Crippen LogP contribution in [0.25, 0.3) is 0 Å². The molecule has 0 amide bonds. The van der Waals surface area contributed by atoms with Gasteiger partial charge in [-0.1, -0.05) is 60.2 Å². The van der Waals surface area contributed by atoms with Crippen molar-refractivity contribution in [3.8, 4) is 0 Å². The van der Waals surface area contributed by atoms with Crippen LogP contribution in [0.1, 0.15) is 29.7 Å². The van der Waals surface area contributed by atoms with Gasteiger partial charge in [0.25, 0.3) is 0 Å². The molecule has 2 nitrogen and oxygen atoms in total. The van der Waals surface area contributed by atoms with Crippen molar-refractivity contribution in [2.24, 2.45) is 0 Å². The van der Waals surface area contributed by atoms with E-state index in [1.807, 2.05) is 30.3 Å². The van der Waals surface area contributed by atoms with Crippen LogP contribution < -0.4 is 5.32 Å². The maximum absolute atomic E-state index is 10.1. The van der Waals surface area contributed by atoms with Gasteiger partial charge < -0.3 is 10.4 Å². The topological polar surface area (TPSA) is 32.3 Å². The second kappa shape index (κ2) is 7.22. The average Bonchev–Trinajstić information content (AvgIpc) is 2.48. The van der Waals surface area contributed by atoms with E-state index in [9.17, 15) is 5.11 Å². The minimum absolute atomic E-state index is 0.344. The first-order valence-corrected chi connectivity index (χ1v) is 7.17. The monoisotopic (exact) mass is 269 g/mol. The van der Waals surface area contributed by atoms with Crippen molar-refractivity contribution in [2.45, 2.75) is 32.4 Å². The Morgan fingerprint density at radius 1 is 1.00 bits per heavy atom. The highest BCUT2D eigenvalue weighted by molar-refractivity contribution is 5.22. The highest BCUT2D eigenvalue weighted by Gasteiger charge is 2.09. The number of nitrogens with one attached hydrogen (secondary N) is 1. The fourth-order valence-electron chi connectivity index (χ4n) is 2.26. The van der Waals surface area contributed by atoms with Crippen LogP contribution in [-0.2, 0) is 6.42 Å². The Morgan fingerprint density at radius 3 is 2.30 bits per heavy atom. The number of rotatable bonds is 6. The second-order valence-electron chi connectivity index (χ2n) is 5.43. The smallest absolute Gasteiger partial charge is 0.0914 e. The zero-order valence-corrected chi connectivity index (χ0v) is 12.2. The molecule has 0 aliphatic heterocycles. The molecular weight excluding hydrogens is 246 g/mol. The maximum Gasteiger partial charge on any atom is 0.0914 e. The third-order valence-corrected chi connectivity index (χ3v) is 3.51. The van der Waals surface area contributed by atoms with Gasteiger partial charge in [0.2, 0.25) is 0 Å². The summed E-state index contributed by atoms with van der Waals surface area (Å²) in [6.07, 6.45) is 0.526. The molecule has 2 atom stereocenters. The first kappa shape index (κ1) is 14.8. The van der Waals surface area contributed by atoms with Crippen LogP contribution in [-0.4, -0.2) is 17.7 Å². The Morgan fingerprint density at radius 2 is 1.65 bits per heavy atom. The Bertz CT molecular complexity index is 507. The van der Waals surface area contributed by atoms with Gasteiger partial charge in [-0.3, -0.25) is 0 Å². The molecule has 1 unspecified atom stereocenters. The van der Waals surface area contributed by atoms with Crippen LogP contribution in [0.5, 0.6) is 0 Å². The summed E-state index contributed by atoms with van der Waals surface area (Å²) < 4.78 is 0. The Hall–Kier alpha value is -1.64. The Labute approximate surface area is 121 Å². The van der Waals surface area contributed by atoms with Crippen molar-refractivity contribution in [1.82, 2.24) is 5.32 Å². The molecule has 0 heterocycles. The molecule has 0 fully saturated rings. The third kappa shape index (κ3) is 4.48. The zero-order chi connectivity index (χ0) is 14.4. The molecule has 0 aliphatic rings. The van der Waals surface area contributed by atoms with Gasteiger partial charge in [-0.2, -0.15) is 0 Å². The van der Waals surface area contributed by atoms with Gasteiger partial charge in [0.1, 0.15) is 0 Å². The lowest BCUT2D eigenvalue weighted by Crippen LogP contribution is -2.32. The van der Waals surface area contributed by atoms with Crippen LogP contribution in [0.2, 0.25) is 0 Å². The van der Waals surface area contributed by atoms with E-state index in [2.05, 4.69) is 43.4 Å². The lowest BCUT2D eigenvalue weighted by atomic mass is 10.0. The van der Waals surface area contributed by atoms with E-state index in [-0.39, 0.29) is 0 Å². The summed E-state index contributed by atoms with van der Waals surface area (Å²) in [5, 5.41) is 13.5. The van der Waals surface area contributed by atoms with Crippen molar-refractivity contribution >= 4 is 0 Å². The predicted octanol–water partition coefficient (Wildman–Crippen LogP) is 3.25. The minimum Gasteiger partial charge on any atom is -0.387 e. The average molecular weight is 269 g/mol. The third-order valence-electron chi connectivity index (χ3n) is 3.51. The molecule has 0 radical (unpaired) electrons. The van der Waals surface area contributed by atoms with Gasteiger partial charge in [0.05, 0.1) is 6.10 Å². The number of aryl methyl sites for hydroxylation is 1. The number of aliphatic hydroxyl groups excluding tert-OH is 1. The maximum atomic E-state index is 10.1. The standard InChI is InChI=1S/C18H23NO/c1-14-8-10-16(11-9-14)12-15(2)19-13-18(20)17-6-4-3-5-7-17/h3-11,15,18-20H,12-13H2,1-2H3/t15?,18-/m0/s1. The predicted molar refractivity (Wildman–Crippen MR) is 83.7 cm³/mol. The van der Waals surface area contributed by atoms with Crippen molar-refractivity contribution in [2.75, 3.05) is 6.54 Å². The van der Waals surface area contributed by atoms with E-state index in [1.54, 1.807) is 0 Å². The molecule has 0 spiro atoms. The number of benzene rings is 2. The van der Waals surface area contributed by atoms with Crippen molar-refractivity contribution in [3.63, 3.8) is 0 Å². The highest BCUT2D eigenvalue weighted by atomic mass is 16.3. The van der Waals surface area contributed by atoms with Crippen LogP contribution in [0.15, 0.2) is 54.6 Å². The van der Waals surface area contributed by atoms with E-state index in [0.29, 0.717) is 12.6 Å². The molecule has 2 N–H and O–H groups in total. The molecule has 0 aliphatic carbocycles. The van der Waals surface area contributed by atoms with Gasteiger partial charge in [-0.05, 0) is 31.4 Å². The number of aliphatic hydroxyl groups is 1. The van der Waals surface area contributed by atoms with E-state index < -0.39 is 6.10 Å². The van der Waals surface area contributed by atoms with Crippen molar-refractivity contribution in [3.05, 3.63) is 71.3 Å². The summed E-state index contributed by atoms with van der Waals surface area (Å²) in [6, 6.07) is 18.7. The SMILES string of the molecule is Cc1ccc(CC(C)NC[C@H](O)c2ccccc2)cc1. The fraction of sp³-hybridized carbons (Fsp3) is 0.333. The molecule has 0 bridgehead atoms. The largest absolute Gasteiger partial charge is 0.387 e. The molecule has 0 aromatic heterocycles.